The van der Waals surface area contributed by atoms with Gasteiger partial charge in [-0.3, -0.25) is 4.68 Å². The Bertz CT molecular complexity index is 893. The Kier molecular flexibility index (Phi) is 3.23. The summed E-state index contributed by atoms with van der Waals surface area (Å²) in [6.45, 7) is 5.62. The van der Waals surface area contributed by atoms with Crippen molar-refractivity contribution in [1.29, 1.82) is 0 Å². The van der Waals surface area contributed by atoms with Gasteiger partial charge in [0, 0.05) is 50.2 Å². The van der Waals surface area contributed by atoms with Crippen LogP contribution in [0.15, 0.2) is 18.3 Å². The second-order valence-electron chi connectivity index (χ2n) is 6.43. The van der Waals surface area contributed by atoms with E-state index in [4.69, 9.17) is 0 Å². The smallest absolute Gasteiger partial charge is 0.158 e. The molecule has 2 aromatic heterocycles. The monoisotopic (exact) mass is 313 g/mol. The number of aryl methyl sites for hydroxylation is 2. The van der Waals surface area contributed by atoms with Crippen LogP contribution in [0.2, 0.25) is 0 Å². The van der Waals surface area contributed by atoms with Crippen LogP contribution in [0.3, 0.4) is 0 Å². The van der Waals surface area contributed by atoms with Crippen LogP contribution in [-0.4, -0.2) is 52.9 Å². The summed E-state index contributed by atoms with van der Waals surface area (Å²) in [4.78, 5) is 9.17. The number of nitrogens with zero attached hydrogens (tertiary/aromatic N) is 5. The van der Waals surface area contributed by atoms with E-state index >= 15 is 0 Å². The Balaban J connectivity index is 1.99. The Morgan fingerprint density at radius 2 is 1.74 bits per heavy atom. The van der Waals surface area contributed by atoms with Crippen LogP contribution >= 0.6 is 0 Å². The minimum Gasteiger partial charge on any atom is -0.352 e. The van der Waals surface area contributed by atoms with Gasteiger partial charge in [0.2, 0.25) is 0 Å². The number of fused-ring (bicyclic) bond motifs is 3. The molecule has 1 aliphatic rings. The number of benzene rings is 1. The van der Waals surface area contributed by atoms with E-state index in [2.05, 4.69) is 26.9 Å². The van der Waals surface area contributed by atoms with Gasteiger partial charge in [-0.2, -0.15) is 5.10 Å². The lowest BCUT2D eigenvalue weighted by Gasteiger charge is -2.33. The number of rotatable bonds is 1. The SMILES string of the molecule is Cc1cc(F)c2nc(N3CCN(C)CC3)c3nn(C)cc3c2c1. The molecule has 0 spiro atoms. The summed E-state index contributed by atoms with van der Waals surface area (Å²) in [5.41, 5.74) is 2.19. The number of halogens is 1. The summed E-state index contributed by atoms with van der Waals surface area (Å²) in [5, 5.41) is 6.40. The zero-order chi connectivity index (χ0) is 16.1. The number of pyridine rings is 1. The van der Waals surface area contributed by atoms with Gasteiger partial charge in [-0.15, -0.1) is 0 Å². The first-order chi connectivity index (χ1) is 11.0. The molecule has 0 N–H and O–H groups in total. The number of hydrogen-bond acceptors (Lipinski definition) is 4. The maximum Gasteiger partial charge on any atom is 0.158 e. The molecule has 3 heterocycles. The standard InChI is InChI=1S/C17H20FN5/c1-11-8-12-13-10-22(3)20-16(13)17(19-15(12)14(18)9-11)23-6-4-21(2)5-7-23/h8-10H,4-7H2,1-3H3. The molecule has 1 saturated heterocycles. The lowest BCUT2D eigenvalue weighted by atomic mass is 10.1. The molecule has 0 amide bonds. The molecule has 4 rings (SSSR count). The van der Waals surface area contributed by atoms with Gasteiger partial charge >= 0.3 is 0 Å². The highest BCUT2D eigenvalue weighted by atomic mass is 19.1. The van der Waals surface area contributed by atoms with E-state index in [-0.39, 0.29) is 5.82 Å². The third-order valence-electron chi connectivity index (χ3n) is 4.56. The second kappa shape index (κ2) is 5.16. The van der Waals surface area contributed by atoms with E-state index in [1.807, 2.05) is 26.2 Å². The van der Waals surface area contributed by atoms with Crippen molar-refractivity contribution in [3.63, 3.8) is 0 Å². The average Bonchev–Trinajstić information content (AvgIpc) is 2.89. The molecule has 3 aromatic rings. The van der Waals surface area contributed by atoms with Crippen molar-refractivity contribution in [2.24, 2.45) is 7.05 Å². The van der Waals surface area contributed by atoms with Crippen molar-refractivity contribution in [3.8, 4) is 0 Å². The van der Waals surface area contributed by atoms with Crippen molar-refractivity contribution < 1.29 is 4.39 Å². The van der Waals surface area contributed by atoms with Crippen LogP contribution in [0.4, 0.5) is 10.2 Å². The summed E-state index contributed by atoms with van der Waals surface area (Å²) in [7, 11) is 4.01. The molecule has 1 aliphatic heterocycles. The number of hydrogen-bond donors (Lipinski definition) is 0. The molecule has 1 aromatic carbocycles. The van der Waals surface area contributed by atoms with Gasteiger partial charge in [0.25, 0.3) is 0 Å². The fourth-order valence-electron chi connectivity index (χ4n) is 3.30. The van der Waals surface area contributed by atoms with Gasteiger partial charge in [0.05, 0.1) is 0 Å². The molecule has 0 aliphatic carbocycles. The quantitative estimate of drug-likeness (QED) is 0.691. The molecular weight excluding hydrogens is 293 g/mol. The van der Waals surface area contributed by atoms with Crippen LogP contribution in [0, 0.1) is 12.7 Å². The van der Waals surface area contributed by atoms with Gasteiger partial charge in [-0.05, 0) is 31.7 Å². The van der Waals surface area contributed by atoms with Crippen molar-refractivity contribution in [2.75, 3.05) is 38.1 Å². The third kappa shape index (κ3) is 2.34. The molecule has 0 saturated carbocycles. The summed E-state index contributed by atoms with van der Waals surface area (Å²) < 4.78 is 16.3. The molecular formula is C17H20FN5. The van der Waals surface area contributed by atoms with Crippen LogP contribution in [0.25, 0.3) is 21.8 Å². The molecule has 5 nitrogen and oxygen atoms in total. The van der Waals surface area contributed by atoms with Gasteiger partial charge in [0.1, 0.15) is 16.9 Å². The van der Waals surface area contributed by atoms with Crippen molar-refractivity contribution in [3.05, 3.63) is 29.7 Å². The molecule has 120 valence electrons. The molecule has 1 fully saturated rings. The van der Waals surface area contributed by atoms with E-state index < -0.39 is 0 Å². The minimum absolute atomic E-state index is 0.263. The predicted octanol–water partition coefficient (Wildman–Crippen LogP) is 2.32. The largest absolute Gasteiger partial charge is 0.352 e. The summed E-state index contributed by atoms with van der Waals surface area (Å²) in [5.74, 6) is 0.532. The van der Waals surface area contributed by atoms with Crippen LogP contribution in [0.1, 0.15) is 5.56 Å². The Morgan fingerprint density at radius 3 is 2.48 bits per heavy atom. The predicted molar refractivity (Wildman–Crippen MR) is 90.4 cm³/mol. The normalized spacial score (nSPS) is 16.6. The Labute approximate surface area is 134 Å². The van der Waals surface area contributed by atoms with Crippen LogP contribution in [-0.2, 0) is 7.05 Å². The highest BCUT2D eigenvalue weighted by Crippen LogP contribution is 2.32. The number of likely N-dealkylation sites (N-methyl/N-ethyl adjacent to an activating group) is 1. The zero-order valence-corrected chi connectivity index (χ0v) is 13.7. The molecule has 6 heteroatoms. The fraction of sp³-hybridized carbons (Fsp3) is 0.412. The topological polar surface area (TPSA) is 37.2 Å². The van der Waals surface area contributed by atoms with Crippen molar-refractivity contribution in [1.82, 2.24) is 19.7 Å². The lowest BCUT2D eigenvalue weighted by molar-refractivity contribution is 0.312. The van der Waals surface area contributed by atoms with E-state index in [0.717, 1.165) is 53.8 Å². The minimum atomic E-state index is -0.263. The first kappa shape index (κ1) is 14.4. The number of aromatic nitrogens is 3. The first-order valence-corrected chi connectivity index (χ1v) is 7.89. The molecule has 0 bridgehead atoms. The molecule has 0 atom stereocenters. The lowest BCUT2D eigenvalue weighted by Crippen LogP contribution is -2.44. The van der Waals surface area contributed by atoms with Crippen molar-refractivity contribution >= 4 is 27.6 Å². The molecule has 0 radical (unpaired) electrons. The molecule has 23 heavy (non-hydrogen) atoms. The average molecular weight is 313 g/mol. The van der Waals surface area contributed by atoms with E-state index in [1.54, 1.807) is 10.7 Å². The van der Waals surface area contributed by atoms with Crippen LogP contribution < -0.4 is 4.90 Å². The van der Waals surface area contributed by atoms with Gasteiger partial charge < -0.3 is 9.80 Å². The van der Waals surface area contributed by atoms with Gasteiger partial charge in [0.15, 0.2) is 5.82 Å². The highest BCUT2D eigenvalue weighted by molar-refractivity contribution is 6.08. The maximum absolute atomic E-state index is 14.5. The van der Waals surface area contributed by atoms with E-state index in [1.165, 1.54) is 0 Å². The Hall–Kier alpha value is -2.21. The number of piperazine rings is 1. The fourth-order valence-corrected chi connectivity index (χ4v) is 3.30. The second-order valence-corrected chi connectivity index (χ2v) is 6.43. The van der Waals surface area contributed by atoms with E-state index in [0.29, 0.717) is 5.52 Å². The van der Waals surface area contributed by atoms with Crippen LogP contribution in [0.5, 0.6) is 0 Å². The maximum atomic E-state index is 14.5. The van der Waals surface area contributed by atoms with Gasteiger partial charge in [-0.25, -0.2) is 9.37 Å². The number of anilines is 1. The summed E-state index contributed by atoms with van der Waals surface area (Å²) >= 11 is 0. The third-order valence-corrected chi connectivity index (χ3v) is 4.56. The zero-order valence-electron chi connectivity index (χ0n) is 13.7. The van der Waals surface area contributed by atoms with Crippen molar-refractivity contribution in [2.45, 2.75) is 6.92 Å². The van der Waals surface area contributed by atoms with E-state index in [9.17, 15) is 4.39 Å². The highest BCUT2D eigenvalue weighted by Gasteiger charge is 2.22. The first-order valence-electron chi connectivity index (χ1n) is 7.89. The Morgan fingerprint density at radius 1 is 1.00 bits per heavy atom. The molecule has 0 unspecified atom stereocenters. The summed E-state index contributed by atoms with van der Waals surface area (Å²) in [6.07, 6.45) is 1.96. The summed E-state index contributed by atoms with van der Waals surface area (Å²) in [6, 6.07) is 3.54. The van der Waals surface area contributed by atoms with Gasteiger partial charge in [-0.1, -0.05) is 0 Å².